The van der Waals surface area contributed by atoms with Crippen LogP contribution in [-0.4, -0.2) is 30.9 Å². The van der Waals surface area contributed by atoms with E-state index in [1.807, 2.05) is 54.3 Å². The fourth-order valence-corrected chi connectivity index (χ4v) is 4.52. The third-order valence-electron chi connectivity index (χ3n) is 5.71. The quantitative estimate of drug-likeness (QED) is 0.273. The van der Waals surface area contributed by atoms with Gasteiger partial charge in [0.1, 0.15) is 5.82 Å². The van der Waals surface area contributed by atoms with E-state index in [9.17, 15) is 9.18 Å². The van der Waals surface area contributed by atoms with Crippen molar-refractivity contribution in [3.05, 3.63) is 89.0 Å². The first-order chi connectivity index (χ1) is 15.5. The van der Waals surface area contributed by atoms with Crippen molar-refractivity contribution in [3.8, 4) is 11.4 Å². The van der Waals surface area contributed by atoms with Crippen LogP contribution in [0.4, 0.5) is 4.39 Å². The van der Waals surface area contributed by atoms with Crippen molar-refractivity contribution >= 4 is 17.5 Å². The minimum atomic E-state index is -0.344. The van der Waals surface area contributed by atoms with Gasteiger partial charge in [0.25, 0.3) is 0 Å². The van der Waals surface area contributed by atoms with Crippen LogP contribution in [0.1, 0.15) is 27.3 Å². The highest BCUT2D eigenvalue weighted by atomic mass is 32.2. The van der Waals surface area contributed by atoms with Crippen LogP contribution in [0.2, 0.25) is 0 Å². The summed E-state index contributed by atoms with van der Waals surface area (Å²) >= 11 is 1.34. The summed E-state index contributed by atoms with van der Waals surface area (Å²) in [5.41, 5.74) is 4.29. The van der Waals surface area contributed by atoms with Gasteiger partial charge in [0, 0.05) is 30.5 Å². The fraction of sp³-hybridized carbons (Fsp3) is 0.240. The topological polar surface area (TPSA) is 52.7 Å². The summed E-state index contributed by atoms with van der Waals surface area (Å²) in [4.78, 5) is 12.9. The molecule has 0 unspecified atom stereocenters. The number of thioether (sulfide) groups is 1. The molecule has 2 aromatic carbocycles. The summed E-state index contributed by atoms with van der Waals surface area (Å²) in [6.45, 7) is 4.52. The Balaban J connectivity index is 1.60. The summed E-state index contributed by atoms with van der Waals surface area (Å²) in [6, 6.07) is 18.6. The Hall–Kier alpha value is -3.19. The molecule has 0 fully saturated rings. The summed E-state index contributed by atoms with van der Waals surface area (Å²) in [7, 11) is 1.95. The van der Waals surface area contributed by atoms with E-state index >= 15 is 0 Å². The predicted octanol–water partition coefficient (Wildman–Crippen LogP) is 5.26. The predicted molar refractivity (Wildman–Crippen MR) is 126 cm³/mol. The van der Waals surface area contributed by atoms with Crippen LogP contribution >= 0.6 is 11.8 Å². The minimum absolute atomic E-state index is 0.0428. The summed E-state index contributed by atoms with van der Waals surface area (Å²) in [5, 5.41) is 9.20. The molecule has 0 aliphatic rings. The Labute approximate surface area is 191 Å². The van der Waals surface area contributed by atoms with Gasteiger partial charge >= 0.3 is 0 Å². The van der Waals surface area contributed by atoms with E-state index in [2.05, 4.69) is 22.3 Å². The van der Waals surface area contributed by atoms with Crippen molar-refractivity contribution in [1.29, 1.82) is 0 Å². The first kappa shape index (κ1) is 22.0. The Morgan fingerprint density at radius 2 is 1.75 bits per heavy atom. The number of ketones is 1. The van der Waals surface area contributed by atoms with Gasteiger partial charge in [0.15, 0.2) is 16.8 Å². The number of carbonyl (C=O) groups excluding carboxylic acids is 1. The number of carbonyl (C=O) groups is 1. The largest absolute Gasteiger partial charge is 0.351 e. The number of nitrogens with zero attached hydrogens (tertiary/aromatic N) is 4. The Bertz CT molecular complexity index is 1250. The molecule has 0 saturated heterocycles. The van der Waals surface area contributed by atoms with Crippen LogP contribution in [-0.2, 0) is 20.0 Å². The summed E-state index contributed by atoms with van der Waals surface area (Å²) in [5.74, 6) is 0.413. The second kappa shape index (κ2) is 9.53. The smallest absolute Gasteiger partial charge is 0.191 e. The monoisotopic (exact) mass is 448 g/mol. The molecule has 0 aliphatic heterocycles. The molecule has 0 spiro atoms. The molecule has 2 heterocycles. The van der Waals surface area contributed by atoms with E-state index in [-0.39, 0.29) is 17.4 Å². The van der Waals surface area contributed by atoms with E-state index in [1.54, 1.807) is 18.2 Å². The molecule has 5 nitrogen and oxygen atoms in total. The number of rotatable bonds is 8. The Kier molecular flexibility index (Phi) is 6.55. The number of aromatic nitrogens is 4. The maximum Gasteiger partial charge on any atom is 0.191 e. The molecule has 4 aromatic rings. The van der Waals surface area contributed by atoms with E-state index in [0.717, 1.165) is 23.4 Å². The van der Waals surface area contributed by atoms with E-state index in [1.165, 1.54) is 23.4 Å². The lowest BCUT2D eigenvalue weighted by molar-refractivity contribution is 0.102. The van der Waals surface area contributed by atoms with Crippen LogP contribution in [0.5, 0.6) is 0 Å². The molecule has 164 valence electrons. The molecule has 0 radical (unpaired) electrons. The minimum Gasteiger partial charge on any atom is -0.351 e. The van der Waals surface area contributed by atoms with Crippen molar-refractivity contribution < 1.29 is 9.18 Å². The molecule has 0 aliphatic carbocycles. The molecule has 7 heteroatoms. The highest BCUT2D eigenvalue weighted by Gasteiger charge is 2.20. The lowest BCUT2D eigenvalue weighted by atomic mass is 10.1. The fourth-order valence-electron chi connectivity index (χ4n) is 3.67. The zero-order valence-electron chi connectivity index (χ0n) is 18.4. The van der Waals surface area contributed by atoms with Gasteiger partial charge in [-0.05, 0) is 44.0 Å². The van der Waals surface area contributed by atoms with Crippen LogP contribution in [0.25, 0.3) is 11.4 Å². The van der Waals surface area contributed by atoms with Crippen molar-refractivity contribution in [2.75, 3.05) is 5.75 Å². The van der Waals surface area contributed by atoms with Gasteiger partial charge in [-0.2, -0.15) is 0 Å². The normalized spacial score (nSPS) is 11.1. The number of aryl methyl sites for hydroxylation is 2. The van der Waals surface area contributed by atoms with Gasteiger partial charge in [-0.1, -0.05) is 54.2 Å². The van der Waals surface area contributed by atoms with Gasteiger partial charge in [0.2, 0.25) is 0 Å². The average molecular weight is 449 g/mol. The summed E-state index contributed by atoms with van der Waals surface area (Å²) in [6.07, 6.45) is 0.749. The number of halogens is 1. The van der Waals surface area contributed by atoms with Gasteiger partial charge in [-0.3, -0.25) is 4.79 Å². The standard InChI is InChI=1S/C25H25FN4OS/c1-17-15-21(18(2)29(17)3)23(31)16-32-25-28-27-24(20-11-7-8-12-22(20)26)30(25)14-13-19-9-5-4-6-10-19/h4-12,15H,13-14,16H2,1-3H3. The second-order valence-electron chi connectivity index (χ2n) is 7.73. The summed E-state index contributed by atoms with van der Waals surface area (Å²) < 4.78 is 18.4. The van der Waals surface area contributed by atoms with E-state index < -0.39 is 0 Å². The first-order valence-electron chi connectivity index (χ1n) is 10.5. The maximum atomic E-state index is 14.5. The van der Waals surface area contributed by atoms with Crippen LogP contribution < -0.4 is 0 Å². The molecule has 0 saturated carbocycles. The van der Waals surface area contributed by atoms with Crippen molar-refractivity contribution in [2.24, 2.45) is 7.05 Å². The zero-order chi connectivity index (χ0) is 22.7. The molecular formula is C25H25FN4OS. The van der Waals surface area contributed by atoms with Crippen molar-refractivity contribution in [1.82, 2.24) is 19.3 Å². The average Bonchev–Trinajstić information content (AvgIpc) is 3.32. The second-order valence-corrected chi connectivity index (χ2v) is 8.67. The van der Waals surface area contributed by atoms with Crippen LogP contribution in [0.3, 0.4) is 0 Å². The zero-order valence-corrected chi connectivity index (χ0v) is 19.2. The van der Waals surface area contributed by atoms with Gasteiger partial charge in [0.05, 0.1) is 11.3 Å². The molecule has 0 bridgehead atoms. The number of benzene rings is 2. The molecule has 2 aromatic heterocycles. The molecule has 4 rings (SSSR count). The Morgan fingerprint density at radius 3 is 2.44 bits per heavy atom. The SMILES string of the molecule is Cc1cc(C(=O)CSc2nnc(-c3ccccc3F)n2CCc2ccccc2)c(C)n1C. The van der Waals surface area contributed by atoms with Crippen molar-refractivity contribution in [2.45, 2.75) is 32.0 Å². The number of hydrogen-bond acceptors (Lipinski definition) is 4. The highest BCUT2D eigenvalue weighted by molar-refractivity contribution is 7.99. The number of Topliss-reactive ketones (excluding diaryl/α,β-unsaturated/α-hetero) is 1. The third kappa shape index (κ3) is 4.53. The van der Waals surface area contributed by atoms with Gasteiger partial charge < -0.3 is 9.13 Å². The van der Waals surface area contributed by atoms with Crippen LogP contribution in [0, 0.1) is 19.7 Å². The van der Waals surface area contributed by atoms with E-state index in [0.29, 0.717) is 23.1 Å². The third-order valence-corrected chi connectivity index (χ3v) is 6.67. The Morgan fingerprint density at radius 1 is 1.03 bits per heavy atom. The van der Waals surface area contributed by atoms with Gasteiger partial charge in [-0.25, -0.2) is 4.39 Å². The first-order valence-corrected chi connectivity index (χ1v) is 11.4. The molecule has 32 heavy (non-hydrogen) atoms. The lowest BCUT2D eigenvalue weighted by Crippen LogP contribution is -2.09. The van der Waals surface area contributed by atoms with E-state index in [4.69, 9.17) is 0 Å². The molecule has 0 amide bonds. The number of hydrogen-bond donors (Lipinski definition) is 0. The maximum absolute atomic E-state index is 14.5. The van der Waals surface area contributed by atoms with Crippen molar-refractivity contribution in [3.63, 3.8) is 0 Å². The highest BCUT2D eigenvalue weighted by Crippen LogP contribution is 2.27. The van der Waals surface area contributed by atoms with Crippen LogP contribution in [0.15, 0.2) is 65.8 Å². The lowest BCUT2D eigenvalue weighted by Gasteiger charge is -2.11. The van der Waals surface area contributed by atoms with Gasteiger partial charge in [-0.15, -0.1) is 10.2 Å². The molecule has 0 atom stereocenters. The molecule has 0 N–H and O–H groups in total. The molecular weight excluding hydrogens is 423 g/mol.